The molecule has 0 aliphatic carbocycles. The summed E-state index contributed by atoms with van der Waals surface area (Å²) in [6, 6.07) is 1.42. The third kappa shape index (κ3) is 2.93. The predicted molar refractivity (Wildman–Crippen MR) is 62.4 cm³/mol. The summed E-state index contributed by atoms with van der Waals surface area (Å²) in [6.07, 6.45) is 2.19. The highest BCUT2D eigenvalue weighted by molar-refractivity contribution is 5.93. The molecule has 0 radical (unpaired) electrons. The maximum absolute atomic E-state index is 11.8. The van der Waals surface area contributed by atoms with Crippen molar-refractivity contribution in [2.24, 2.45) is 5.73 Å². The lowest BCUT2D eigenvalue weighted by molar-refractivity contribution is 0.0793. The van der Waals surface area contributed by atoms with Crippen LogP contribution in [0.5, 0.6) is 0 Å². The number of aromatic amines is 1. The first-order chi connectivity index (χ1) is 7.56. The molecule has 1 heterocycles. The van der Waals surface area contributed by atoms with Gasteiger partial charge in [0.1, 0.15) is 5.56 Å². The highest BCUT2D eigenvalue weighted by Gasteiger charge is 2.14. The summed E-state index contributed by atoms with van der Waals surface area (Å²) in [5.41, 5.74) is 6.02. The van der Waals surface area contributed by atoms with E-state index in [0.29, 0.717) is 13.1 Å². The number of carbonyl (C=O) groups excluding carboxylic acids is 1. The number of aryl methyl sites for hydroxylation is 1. The van der Waals surface area contributed by atoms with Crippen LogP contribution in [-0.4, -0.2) is 35.9 Å². The van der Waals surface area contributed by atoms with E-state index in [9.17, 15) is 9.59 Å². The molecule has 0 unspecified atom stereocenters. The lowest BCUT2D eigenvalue weighted by Gasteiger charge is -2.16. The third-order valence-corrected chi connectivity index (χ3v) is 2.33. The van der Waals surface area contributed by atoms with E-state index in [1.165, 1.54) is 17.2 Å². The van der Waals surface area contributed by atoms with Gasteiger partial charge in [-0.15, -0.1) is 0 Å². The fourth-order valence-electron chi connectivity index (χ4n) is 1.38. The van der Waals surface area contributed by atoms with Gasteiger partial charge in [-0.3, -0.25) is 9.59 Å². The zero-order valence-electron chi connectivity index (χ0n) is 9.62. The number of H-pyrrole nitrogens is 1. The van der Waals surface area contributed by atoms with Gasteiger partial charge in [-0.2, -0.15) is 0 Å². The molecule has 0 fully saturated rings. The minimum absolute atomic E-state index is 0.171. The van der Waals surface area contributed by atoms with Crippen LogP contribution in [0.3, 0.4) is 0 Å². The number of rotatable bonds is 4. The molecule has 0 aromatic carbocycles. The molecule has 16 heavy (non-hydrogen) atoms. The molecular formula is C11H17N3O2. The second-order valence-electron chi connectivity index (χ2n) is 3.76. The summed E-state index contributed by atoms with van der Waals surface area (Å²) >= 11 is 0. The second-order valence-corrected chi connectivity index (χ2v) is 3.76. The largest absolute Gasteiger partial charge is 0.364 e. The molecule has 88 valence electrons. The van der Waals surface area contributed by atoms with Crippen molar-refractivity contribution in [3.8, 4) is 0 Å². The molecule has 0 atom stereocenters. The van der Waals surface area contributed by atoms with Crippen molar-refractivity contribution >= 4 is 5.91 Å². The van der Waals surface area contributed by atoms with Gasteiger partial charge in [-0.05, 0) is 19.9 Å². The number of hydrogen-bond acceptors (Lipinski definition) is 3. The van der Waals surface area contributed by atoms with E-state index in [2.05, 4.69) is 4.98 Å². The Morgan fingerprint density at radius 1 is 1.56 bits per heavy atom. The van der Waals surface area contributed by atoms with Gasteiger partial charge in [0.2, 0.25) is 0 Å². The van der Waals surface area contributed by atoms with Crippen molar-refractivity contribution in [2.75, 3.05) is 20.1 Å². The van der Waals surface area contributed by atoms with Crippen LogP contribution >= 0.6 is 0 Å². The molecule has 0 spiro atoms. The molecule has 5 nitrogen and oxygen atoms in total. The van der Waals surface area contributed by atoms with E-state index >= 15 is 0 Å². The maximum atomic E-state index is 11.8. The van der Waals surface area contributed by atoms with Gasteiger partial charge in [-0.25, -0.2) is 0 Å². The summed E-state index contributed by atoms with van der Waals surface area (Å²) in [6.45, 7) is 2.86. The number of nitrogens with one attached hydrogen (secondary N) is 1. The molecule has 3 N–H and O–H groups in total. The Labute approximate surface area is 94.3 Å². The summed E-state index contributed by atoms with van der Waals surface area (Å²) in [7, 11) is 1.66. The normalized spacial score (nSPS) is 10.2. The van der Waals surface area contributed by atoms with Crippen molar-refractivity contribution < 1.29 is 4.79 Å². The minimum atomic E-state index is -0.269. The first kappa shape index (κ1) is 12.4. The Hall–Kier alpha value is -1.62. The lowest BCUT2D eigenvalue weighted by Crippen LogP contribution is -2.32. The van der Waals surface area contributed by atoms with Crippen LogP contribution in [0.15, 0.2) is 17.1 Å². The average molecular weight is 223 g/mol. The van der Waals surface area contributed by atoms with Crippen molar-refractivity contribution in [1.82, 2.24) is 9.88 Å². The van der Waals surface area contributed by atoms with Crippen molar-refractivity contribution in [3.63, 3.8) is 0 Å². The van der Waals surface area contributed by atoms with Gasteiger partial charge in [-0.1, -0.05) is 0 Å². The minimum Gasteiger partial charge on any atom is -0.364 e. The quantitative estimate of drug-likeness (QED) is 0.760. The molecule has 1 amide bonds. The molecule has 0 saturated heterocycles. The topological polar surface area (TPSA) is 79.2 Å². The van der Waals surface area contributed by atoms with E-state index < -0.39 is 0 Å². The van der Waals surface area contributed by atoms with Gasteiger partial charge < -0.3 is 15.6 Å². The van der Waals surface area contributed by atoms with Gasteiger partial charge in [0.25, 0.3) is 5.91 Å². The monoisotopic (exact) mass is 223 g/mol. The van der Waals surface area contributed by atoms with Crippen LogP contribution in [0.2, 0.25) is 0 Å². The number of aromatic nitrogens is 1. The average Bonchev–Trinajstić information content (AvgIpc) is 2.25. The molecular weight excluding hydrogens is 206 g/mol. The number of pyridine rings is 1. The van der Waals surface area contributed by atoms with Gasteiger partial charge in [0.05, 0.1) is 0 Å². The van der Waals surface area contributed by atoms with Crippen LogP contribution in [-0.2, 0) is 0 Å². The van der Waals surface area contributed by atoms with Gasteiger partial charge >= 0.3 is 0 Å². The first-order valence-electron chi connectivity index (χ1n) is 5.21. The number of nitrogens with two attached hydrogens (primary N) is 1. The molecule has 0 aliphatic rings. The fourth-order valence-corrected chi connectivity index (χ4v) is 1.38. The molecule has 1 rings (SSSR count). The maximum Gasteiger partial charge on any atom is 0.259 e. The van der Waals surface area contributed by atoms with Crippen molar-refractivity contribution in [2.45, 2.75) is 13.3 Å². The second kappa shape index (κ2) is 5.46. The number of nitrogens with zero attached hydrogens (tertiary/aromatic N) is 1. The standard InChI is InChI=1S/C11H17N3O2/c1-8-6-10(15)9(7-13-8)11(16)14(2)5-3-4-12/h6-7H,3-5,12H2,1-2H3,(H,13,15). The van der Waals surface area contributed by atoms with Crippen molar-refractivity contribution in [1.29, 1.82) is 0 Å². The Kier molecular flexibility index (Phi) is 4.25. The Bertz CT molecular complexity index is 425. The summed E-state index contributed by atoms with van der Waals surface area (Å²) < 4.78 is 0. The van der Waals surface area contributed by atoms with Crippen LogP contribution in [0, 0.1) is 6.92 Å². The van der Waals surface area contributed by atoms with Gasteiger partial charge in [0.15, 0.2) is 5.43 Å². The fraction of sp³-hybridized carbons (Fsp3) is 0.455. The molecule has 0 bridgehead atoms. The highest BCUT2D eigenvalue weighted by Crippen LogP contribution is 1.98. The Balaban J connectivity index is 2.84. The lowest BCUT2D eigenvalue weighted by atomic mass is 10.2. The molecule has 5 heteroatoms. The Morgan fingerprint density at radius 2 is 2.25 bits per heavy atom. The number of amides is 1. The summed E-state index contributed by atoms with van der Waals surface area (Å²) in [4.78, 5) is 27.8. The molecule has 1 aromatic rings. The zero-order chi connectivity index (χ0) is 12.1. The van der Waals surface area contributed by atoms with Crippen LogP contribution < -0.4 is 11.2 Å². The summed E-state index contributed by atoms with van der Waals surface area (Å²) in [5.74, 6) is -0.269. The van der Waals surface area contributed by atoms with Crippen LogP contribution in [0.25, 0.3) is 0 Å². The first-order valence-corrected chi connectivity index (χ1v) is 5.21. The van der Waals surface area contributed by atoms with E-state index in [1.54, 1.807) is 14.0 Å². The molecule has 0 saturated carbocycles. The third-order valence-electron chi connectivity index (χ3n) is 2.33. The smallest absolute Gasteiger partial charge is 0.259 e. The van der Waals surface area contributed by atoms with E-state index in [4.69, 9.17) is 5.73 Å². The highest BCUT2D eigenvalue weighted by atomic mass is 16.2. The predicted octanol–water partition coefficient (Wildman–Crippen LogP) is 0.104. The van der Waals surface area contributed by atoms with E-state index in [1.807, 2.05) is 0 Å². The zero-order valence-corrected chi connectivity index (χ0v) is 9.62. The van der Waals surface area contributed by atoms with E-state index in [0.717, 1.165) is 12.1 Å². The van der Waals surface area contributed by atoms with Crippen molar-refractivity contribution in [3.05, 3.63) is 33.7 Å². The number of carbonyl (C=O) groups is 1. The van der Waals surface area contributed by atoms with Crippen LogP contribution in [0.1, 0.15) is 22.5 Å². The number of hydrogen-bond donors (Lipinski definition) is 2. The Morgan fingerprint density at radius 3 is 2.81 bits per heavy atom. The van der Waals surface area contributed by atoms with E-state index in [-0.39, 0.29) is 16.9 Å². The van der Waals surface area contributed by atoms with Crippen LogP contribution in [0.4, 0.5) is 0 Å². The van der Waals surface area contributed by atoms with Gasteiger partial charge in [0, 0.05) is 31.5 Å². The SMILES string of the molecule is Cc1cc(=O)c(C(=O)N(C)CCCN)c[nH]1. The molecule has 0 aliphatic heterocycles. The molecule has 1 aromatic heterocycles. The summed E-state index contributed by atoms with van der Waals surface area (Å²) in [5, 5.41) is 0.